The smallest absolute Gasteiger partial charge is 0.421 e. The number of ketones is 1. The van der Waals surface area contributed by atoms with Crippen LogP contribution in [0.25, 0.3) is 28.2 Å². The van der Waals surface area contributed by atoms with Gasteiger partial charge in [-0.2, -0.15) is 0 Å². The molecule has 0 unspecified atom stereocenters. The minimum Gasteiger partial charge on any atom is -0.496 e. The second kappa shape index (κ2) is 13.4. The van der Waals surface area contributed by atoms with Crippen LogP contribution in [0.15, 0.2) is 77.7 Å². The third-order valence-electron chi connectivity index (χ3n) is 5.73. The molecular weight excluding hydrogens is 547 g/mol. The van der Waals surface area contributed by atoms with Crippen LogP contribution in [0, 0.1) is 0 Å². The fraction of sp³-hybridized carbons (Fsp3) is 0.143. The molecule has 0 fully saturated rings. The van der Waals surface area contributed by atoms with E-state index in [2.05, 4.69) is 9.72 Å². The fourth-order valence-electron chi connectivity index (χ4n) is 3.87. The first kappa shape index (κ1) is 30.6. The Balaban J connectivity index is 0.00000420. The molecule has 0 aliphatic rings. The molecule has 1 amide bonds. The molecule has 0 saturated heterocycles. The molecule has 3 aromatic carbocycles. The average Bonchev–Trinajstić information content (AvgIpc) is 3.35. The summed E-state index contributed by atoms with van der Waals surface area (Å²) in [7, 11) is -1.02. The second-order valence-corrected chi connectivity index (χ2v) is 9.80. The first-order chi connectivity index (χ1) is 18.2. The van der Waals surface area contributed by atoms with Crippen LogP contribution in [0.5, 0.6) is 11.5 Å². The Bertz CT molecular complexity index is 1590. The Morgan fingerprint density at radius 1 is 0.949 bits per heavy atom. The number of benzene rings is 3. The molecular formula is C28H26KN2O7S. The van der Waals surface area contributed by atoms with Crippen LogP contribution < -0.4 is 14.2 Å². The van der Waals surface area contributed by atoms with E-state index in [4.69, 9.17) is 9.47 Å². The third-order valence-corrected chi connectivity index (χ3v) is 7.06. The van der Waals surface area contributed by atoms with Crippen LogP contribution in [0.3, 0.4) is 0 Å². The molecule has 0 aliphatic carbocycles. The van der Waals surface area contributed by atoms with Crippen molar-refractivity contribution in [3.63, 3.8) is 0 Å². The number of aromatic amines is 1. The number of sulfonamides is 1. The van der Waals surface area contributed by atoms with Crippen LogP contribution in [0.4, 0.5) is 4.79 Å². The topological polar surface area (TPSA) is 124 Å². The van der Waals surface area contributed by atoms with Gasteiger partial charge in [-0.25, -0.2) is 17.9 Å². The van der Waals surface area contributed by atoms with Gasteiger partial charge in [-0.3, -0.25) is 4.79 Å². The van der Waals surface area contributed by atoms with Gasteiger partial charge in [0.2, 0.25) is 0 Å². The summed E-state index contributed by atoms with van der Waals surface area (Å²) in [4.78, 5) is 27.5. The van der Waals surface area contributed by atoms with Gasteiger partial charge < -0.3 is 19.2 Å². The molecule has 1 aromatic heterocycles. The van der Waals surface area contributed by atoms with Gasteiger partial charge in [0.25, 0.3) is 10.0 Å². The van der Waals surface area contributed by atoms with E-state index >= 15 is 0 Å². The van der Waals surface area contributed by atoms with E-state index in [1.54, 1.807) is 30.9 Å². The Kier molecular flexibility index (Phi) is 10.5. The quantitative estimate of drug-likeness (QED) is 0.167. The van der Waals surface area contributed by atoms with Crippen LogP contribution in [0.1, 0.15) is 22.8 Å². The van der Waals surface area contributed by atoms with Gasteiger partial charge in [0.05, 0.1) is 31.4 Å². The van der Waals surface area contributed by atoms with Crippen LogP contribution in [0.2, 0.25) is 0 Å². The number of rotatable bonds is 9. The van der Waals surface area contributed by atoms with Crippen molar-refractivity contribution in [2.24, 2.45) is 0 Å². The minimum atomic E-state index is -4.12. The molecule has 0 atom stereocenters. The number of H-pyrrole nitrogens is 1. The molecule has 9 nitrogen and oxygen atoms in total. The maximum atomic E-state index is 12.8. The number of para-hydroxylation sites is 1. The number of aromatic nitrogens is 1. The van der Waals surface area contributed by atoms with Crippen molar-refractivity contribution in [2.75, 3.05) is 20.8 Å². The van der Waals surface area contributed by atoms with Gasteiger partial charge in [0, 0.05) is 85.0 Å². The molecule has 11 heteroatoms. The summed E-state index contributed by atoms with van der Waals surface area (Å²) in [6.07, 6.45) is 1.93. The Morgan fingerprint density at radius 3 is 2.28 bits per heavy atom. The van der Waals surface area contributed by atoms with E-state index in [1.807, 2.05) is 36.4 Å². The molecule has 2 N–H and O–H groups in total. The fourth-order valence-corrected chi connectivity index (χ4v) is 4.76. The first-order valence-electron chi connectivity index (χ1n) is 11.6. The molecule has 0 bridgehead atoms. The number of hydrogen-bond donors (Lipinski definition) is 2. The zero-order valence-electron chi connectivity index (χ0n) is 22.0. The van der Waals surface area contributed by atoms with E-state index in [0.29, 0.717) is 17.1 Å². The summed E-state index contributed by atoms with van der Waals surface area (Å²) >= 11 is 0. The van der Waals surface area contributed by atoms with Crippen molar-refractivity contribution in [1.82, 2.24) is 9.71 Å². The summed E-state index contributed by atoms with van der Waals surface area (Å²) in [6, 6.07) is 18.8. The molecule has 1 heterocycles. The van der Waals surface area contributed by atoms with Crippen LogP contribution >= 0.6 is 0 Å². The van der Waals surface area contributed by atoms with Crippen LogP contribution in [-0.2, 0) is 14.8 Å². The third kappa shape index (κ3) is 7.18. The SMILES string of the molecule is CCOC(=O)NS(=O)(=O)c1ccc(C(=O)/C=C/c2cc(-c3cc4ccccc4[nH]3)c(OC)cc2OC)cc1.[K]. The predicted molar refractivity (Wildman–Crippen MR) is 150 cm³/mol. The van der Waals surface area contributed by atoms with E-state index < -0.39 is 16.1 Å². The van der Waals surface area contributed by atoms with Crippen molar-refractivity contribution < 1.29 is 32.2 Å². The molecule has 4 rings (SSSR count). The number of allylic oxidation sites excluding steroid dienone is 1. The largest absolute Gasteiger partial charge is 0.496 e. The second-order valence-electron chi connectivity index (χ2n) is 8.11. The van der Waals surface area contributed by atoms with Crippen molar-refractivity contribution in [1.29, 1.82) is 0 Å². The average molecular weight is 574 g/mol. The Labute approximate surface area is 269 Å². The van der Waals surface area contributed by atoms with E-state index in [-0.39, 0.29) is 74.2 Å². The molecule has 0 saturated carbocycles. The summed E-state index contributed by atoms with van der Waals surface area (Å²) in [5, 5.41) is 1.05. The molecule has 1 radical (unpaired) electrons. The number of carbonyl (C=O) groups is 2. The predicted octanol–water partition coefficient (Wildman–Crippen LogP) is 4.80. The monoisotopic (exact) mass is 573 g/mol. The number of fused-ring (bicyclic) bond motifs is 1. The van der Waals surface area contributed by atoms with Gasteiger partial charge in [0.15, 0.2) is 5.78 Å². The van der Waals surface area contributed by atoms with Gasteiger partial charge >= 0.3 is 6.09 Å². The van der Waals surface area contributed by atoms with Gasteiger partial charge in [-0.15, -0.1) is 0 Å². The Morgan fingerprint density at radius 2 is 1.64 bits per heavy atom. The van der Waals surface area contributed by atoms with Gasteiger partial charge in [-0.1, -0.05) is 18.2 Å². The van der Waals surface area contributed by atoms with Crippen molar-refractivity contribution >= 4 is 90.3 Å². The summed E-state index contributed by atoms with van der Waals surface area (Å²) in [5.41, 5.74) is 3.53. The number of amides is 1. The zero-order chi connectivity index (χ0) is 27.3. The number of methoxy groups -OCH3 is 2. The molecule has 0 spiro atoms. The maximum Gasteiger partial charge on any atom is 0.421 e. The van der Waals surface area contributed by atoms with Gasteiger partial charge in [0.1, 0.15) is 11.5 Å². The molecule has 197 valence electrons. The first-order valence-corrected chi connectivity index (χ1v) is 13.1. The van der Waals surface area contributed by atoms with E-state index in [0.717, 1.165) is 22.2 Å². The molecule has 4 aromatic rings. The summed E-state index contributed by atoms with van der Waals surface area (Å²) in [6.45, 7) is 1.59. The van der Waals surface area contributed by atoms with Crippen molar-refractivity contribution in [2.45, 2.75) is 11.8 Å². The molecule has 39 heavy (non-hydrogen) atoms. The van der Waals surface area contributed by atoms with Gasteiger partial charge in [-0.05, 0) is 61.5 Å². The zero-order valence-corrected chi connectivity index (χ0v) is 25.9. The normalized spacial score (nSPS) is 11.2. The van der Waals surface area contributed by atoms with Crippen molar-refractivity contribution in [3.8, 4) is 22.8 Å². The maximum absolute atomic E-state index is 12.8. The number of hydrogen-bond acceptors (Lipinski definition) is 7. The number of carbonyl (C=O) groups excluding carboxylic acids is 2. The minimum absolute atomic E-state index is 0. The molecule has 0 aliphatic heterocycles. The summed E-state index contributed by atoms with van der Waals surface area (Å²) in [5.74, 6) is 0.764. The standard InChI is InChI=1S/C28H26N2O7S.K/c1-4-37-28(32)30-38(33,34)21-12-9-18(10-13-21)25(31)14-11-20-15-22(27(36-3)17-26(20)35-2)24-16-19-7-5-6-8-23(19)29-24;/h5-17,29H,4H2,1-3H3,(H,30,32);/b14-11+;. The number of ether oxygens (including phenoxy) is 3. The summed E-state index contributed by atoms with van der Waals surface area (Å²) < 4.78 is 42.1. The van der Waals surface area contributed by atoms with Crippen molar-refractivity contribution in [3.05, 3.63) is 83.9 Å². The van der Waals surface area contributed by atoms with E-state index in [9.17, 15) is 18.0 Å². The Hall–Kier alpha value is -2.93. The van der Waals surface area contributed by atoms with E-state index in [1.165, 1.54) is 37.5 Å². The number of nitrogens with one attached hydrogen (secondary N) is 2. The van der Waals surface area contributed by atoms with Crippen LogP contribution in [-0.4, -0.2) is 97.5 Å².